The van der Waals surface area contributed by atoms with Crippen LogP contribution in [0.2, 0.25) is 0 Å². The fourth-order valence-electron chi connectivity index (χ4n) is 2.84. The SMILES string of the molecule is Cc1ccc(/C=C/C(=O)N2CCCN(CC3CC3)CC2)o1. The molecule has 1 amide bonds. The van der Waals surface area contributed by atoms with Crippen LogP contribution in [0, 0.1) is 12.8 Å². The highest BCUT2D eigenvalue weighted by Gasteiger charge is 2.25. The number of carbonyl (C=O) groups excluding carboxylic acids is 1. The van der Waals surface area contributed by atoms with Crippen LogP contribution in [0.1, 0.15) is 30.8 Å². The van der Waals surface area contributed by atoms with Gasteiger partial charge in [0.05, 0.1) is 0 Å². The van der Waals surface area contributed by atoms with Gasteiger partial charge >= 0.3 is 0 Å². The Kier molecular flexibility index (Phi) is 4.44. The summed E-state index contributed by atoms with van der Waals surface area (Å²) in [6.07, 6.45) is 7.26. The fourth-order valence-corrected chi connectivity index (χ4v) is 2.84. The van der Waals surface area contributed by atoms with Crippen molar-refractivity contribution in [3.05, 3.63) is 29.7 Å². The van der Waals surface area contributed by atoms with E-state index in [4.69, 9.17) is 4.42 Å². The lowest BCUT2D eigenvalue weighted by Crippen LogP contribution is -2.34. The second-order valence-corrected chi connectivity index (χ2v) is 6.20. The monoisotopic (exact) mass is 288 g/mol. The first kappa shape index (κ1) is 14.4. The molecule has 1 aliphatic carbocycles. The summed E-state index contributed by atoms with van der Waals surface area (Å²) in [6, 6.07) is 3.80. The number of hydrogen-bond acceptors (Lipinski definition) is 3. The molecule has 3 rings (SSSR count). The van der Waals surface area contributed by atoms with Gasteiger partial charge in [0.2, 0.25) is 5.91 Å². The van der Waals surface area contributed by atoms with Crippen molar-refractivity contribution in [3.63, 3.8) is 0 Å². The molecule has 1 saturated carbocycles. The van der Waals surface area contributed by atoms with Crippen LogP contribution in [0.3, 0.4) is 0 Å². The first-order valence-electron chi connectivity index (χ1n) is 7.96. The number of furan rings is 1. The first-order chi connectivity index (χ1) is 10.2. The molecule has 21 heavy (non-hydrogen) atoms. The van der Waals surface area contributed by atoms with E-state index >= 15 is 0 Å². The van der Waals surface area contributed by atoms with Crippen molar-refractivity contribution < 1.29 is 9.21 Å². The fraction of sp³-hybridized carbons (Fsp3) is 0.588. The molecule has 0 radical (unpaired) electrons. The van der Waals surface area contributed by atoms with Crippen LogP contribution in [-0.2, 0) is 4.79 Å². The molecule has 0 atom stereocenters. The zero-order chi connectivity index (χ0) is 14.7. The van der Waals surface area contributed by atoms with Crippen molar-refractivity contribution in [2.24, 2.45) is 5.92 Å². The molecule has 114 valence electrons. The predicted octanol–water partition coefficient (Wildman–Crippen LogP) is 2.55. The second kappa shape index (κ2) is 6.48. The van der Waals surface area contributed by atoms with Crippen LogP contribution >= 0.6 is 0 Å². The van der Waals surface area contributed by atoms with Gasteiger partial charge < -0.3 is 14.2 Å². The van der Waals surface area contributed by atoms with E-state index in [1.165, 1.54) is 19.4 Å². The maximum atomic E-state index is 12.3. The van der Waals surface area contributed by atoms with Gasteiger partial charge in [-0.05, 0) is 56.9 Å². The van der Waals surface area contributed by atoms with Crippen molar-refractivity contribution in [1.29, 1.82) is 0 Å². The molecule has 0 spiro atoms. The Balaban J connectivity index is 1.51. The summed E-state index contributed by atoms with van der Waals surface area (Å²) in [5.74, 6) is 2.63. The highest BCUT2D eigenvalue weighted by Crippen LogP contribution is 2.29. The molecule has 1 saturated heterocycles. The van der Waals surface area contributed by atoms with Crippen molar-refractivity contribution in [1.82, 2.24) is 9.80 Å². The van der Waals surface area contributed by atoms with E-state index in [0.717, 1.165) is 50.0 Å². The van der Waals surface area contributed by atoms with Gasteiger partial charge in [-0.2, -0.15) is 0 Å². The normalized spacial score (nSPS) is 20.9. The molecule has 4 heteroatoms. The van der Waals surface area contributed by atoms with Gasteiger partial charge in [0.25, 0.3) is 0 Å². The molecule has 0 unspecified atom stereocenters. The quantitative estimate of drug-likeness (QED) is 0.799. The smallest absolute Gasteiger partial charge is 0.246 e. The Labute approximate surface area is 126 Å². The van der Waals surface area contributed by atoms with E-state index in [-0.39, 0.29) is 5.91 Å². The predicted molar refractivity (Wildman–Crippen MR) is 82.8 cm³/mol. The average Bonchev–Trinajstić information content (AvgIpc) is 3.23. The summed E-state index contributed by atoms with van der Waals surface area (Å²) < 4.78 is 5.45. The van der Waals surface area contributed by atoms with E-state index in [1.54, 1.807) is 12.2 Å². The maximum Gasteiger partial charge on any atom is 0.246 e. The standard InChI is InChI=1S/C17H24N2O2/c1-14-3-6-16(21-14)7-8-17(20)19-10-2-9-18(11-12-19)13-15-4-5-15/h3,6-8,15H,2,4-5,9-13H2,1H3/b8-7+. The number of hydrogen-bond donors (Lipinski definition) is 0. The van der Waals surface area contributed by atoms with E-state index < -0.39 is 0 Å². The minimum atomic E-state index is 0.0947. The highest BCUT2D eigenvalue weighted by molar-refractivity contribution is 5.91. The van der Waals surface area contributed by atoms with E-state index in [0.29, 0.717) is 0 Å². The van der Waals surface area contributed by atoms with Gasteiger partial charge in [0.1, 0.15) is 11.5 Å². The lowest BCUT2D eigenvalue weighted by atomic mass is 10.3. The second-order valence-electron chi connectivity index (χ2n) is 6.20. The molecule has 4 nitrogen and oxygen atoms in total. The zero-order valence-electron chi connectivity index (χ0n) is 12.8. The Morgan fingerprint density at radius 1 is 1.29 bits per heavy atom. The average molecular weight is 288 g/mol. The topological polar surface area (TPSA) is 36.7 Å². The molecular formula is C17H24N2O2. The van der Waals surface area contributed by atoms with E-state index in [2.05, 4.69) is 4.90 Å². The Hall–Kier alpha value is -1.55. The molecule has 2 heterocycles. The molecule has 1 aliphatic heterocycles. The lowest BCUT2D eigenvalue weighted by Gasteiger charge is -2.20. The van der Waals surface area contributed by atoms with Crippen molar-refractivity contribution >= 4 is 12.0 Å². The van der Waals surface area contributed by atoms with Gasteiger partial charge in [-0.3, -0.25) is 4.79 Å². The molecule has 2 aliphatic rings. The Bertz CT molecular complexity index is 517. The Morgan fingerprint density at radius 2 is 2.14 bits per heavy atom. The molecule has 1 aromatic rings. The van der Waals surface area contributed by atoms with Gasteiger partial charge in [0, 0.05) is 32.3 Å². The molecule has 2 fully saturated rings. The molecule has 1 aromatic heterocycles. The van der Waals surface area contributed by atoms with Crippen molar-refractivity contribution in [2.45, 2.75) is 26.2 Å². The third kappa shape index (κ3) is 4.21. The van der Waals surface area contributed by atoms with Crippen LogP contribution in [0.4, 0.5) is 0 Å². The van der Waals surface area contributed by atoms with Crippen LogP contribution in [-0.4, -0.2) is 48.4 Å². The number of carbonyl (C=O) groups is 1. The number of amides is 1. The maximum absolute atomic E-state index is 12.3. The zero-order valence-corrected chi connectivity index (χ0v) is 12.8. The summed E-state index contributed by atoms with van der Waals surface area (Å²) in [6.45, 7) is 6.97. The van der Waals surface area contributed by atoms with Crippen LogP contribution < -0.4 is 0 Å². The van der Waals surface area contributed by atoms with Gasteiger partial charge in [-0.1, -0.05) is 0 Å². The number of aryl methyl sites for hydroxylation is 1. The summed E-state index contributed by atoms with van der Waals surface area (Å²) in [7, 11) is 0. The summed E-state index contributed by atoms with van der Waals surface area (Å²) >= 11 is 0. The van der Waals surface area contributed by atoms with E-state index in [9.17, 15) is 4.79 Å². The van der Waals surface area contributed by atoms with E-state index in [1.807, 2.05) is 24.0 Å². The molecule has 0 N–H and O–H groups in total. The van der Waals surface area contributed by atoms with Crippen molar-refractivity contribution in [2.75, 3.05) is 32.7 Å². The third-order valence-corrected chi connectivity index (χ3v) is 4.26. The van der Waals surface area contributed by atoms with Crippen molar-refractivity contribution in [3.8, 4) is 0 Å². The summed E-state index contributed by atoms with van der Waals surface area (Å²) in [5.41, 5.74) is 0. The van der Waals surface area contributed by atoms with Gasteiger partial charge in [0.15, 0.2) is 0 Å². The summed E-state index contributed by atoms with van der Waals surface area (Å²) in [5, 5.41) is 0. The van der Waals surface area contributed by atoms with Crippen LogP contribution in [0.25, 0.3) is 6.08 Å². The lowest BCUT2D eigenvalue weighted by molar-refractivity contribution is -0.125. The van der Waals surface area contributed by atoms with Crippen LogP contribution in [0.15, 0.2) is 22.6 Å². The molecular weight excluding hydrogens is 264 g/mol. The number of rotatable bonds is 4. The molecule has 0 bridgehead atoms. The minimum Gasteiger partial charge on any atom is -0.462 e. The van der Waals surface area contributed by atoms with Gasteiger partial charge in [-0.15, -0.1) is 0 Å². The first-order valence-corrected chi connectivity index (χ1v) is 7.96. The van der Waals surface area contributed by atoms with Gasteiger partial charge in [-0.25, -0.2) is 0 Å². The highest BCUT2D eigenvalue weighted by atomic mass is 16.3. The third-order valence-electron chi connectivity index (χ3n) is 4.26. The Morgan fingerprint density at radius 3 is 2.86 bits per heavy atom. The van der Waals surface area contributed by atoms with Crippen LogP contribution in [0.5, 0.6) is 0 Å². The minimum absolute atomic E-state index is 0.0947. The largest absolute Gasteiger partial charge is 0.462 e. The summed E-state index contributed by atoms with van der Waals surface area (Å²) in [4.78, 5) is 16.7. The molecule has 0 aromatic carbocycles. The number of nitrogens with zero attached hydrogens (tertiary/aromatic N) is 2.